The molecule has 14 rings (SSSR count). The van der Waals surface area contributed by atoms with Crippen LogP contribution < -0.4 is 19.3 Å². The van der Waals surface area contributed by atoms with Crippen LogP contribution in [0.15, 0.2) is 243 Å². The zero-order chi connectivity index (χ0) is 50.4. The minimum Gasteiger partial charge on any atom is -0.453 e. The van der Waals surface area contributed by atoms with E-state index < -0.39 is 0 Å². The average molecular weight is 981 g/mol. The van der Waals surface area contributed by atoms with Gasteiger partial charge in [-0.2, -0.15) is 0 Å². The highest BCUT2D eigenvalue weighted by atomic mass is 16.5. The van der Waals surface area contributed by atoms with Crippen molar-refractivity contribution in [2.75, 3.05) is 9.80 Å². The molecule has 0 atom stereocenters. The van der Waals surface area contributed by atoms with Crippen LogP contribution in [0.4, 0.5) is 34.1 Å². The standard InChI is InChI=1S/C64H40N10O2/c1-5-23-59-55(19-1)73(56-20-2-6-24-60(56)75-59)47-33-43(31-45(35-47)51-37-53(49-17-9-11-29-67-49)71-63(69-51)41-15-13-27-65-39-41)44-32-46(36-48(34-44)74-57-21-3-7-25-61(57)76-62-26-8-4-22-58(62)74)52-38-54(50-18-10-12-30-68-50)72-64(70-52)42-16-14-28-66-40-42/h1-40H. The Labute approximate surface area is 437 Å². The SMILES string of the molecule is c1ccc(-c2cc(-c3cc(-c4cc(-c5cc(-c6ccccn6)nc(-c6cccnc6)n5)cc(N5c6ccccc6Oc6ccccc65)c4)cc(N4c5ccccc5Oc5ccccc54)c3)nc(-c3cccnc3)n2)nc1. The summed E-state index contributed by atoms with van der Waals surface area (Å²) in [5.74, 6) is 3.97. The lowest BCUT2D eigenvalue weighted by atomic mass is 9.95. The summed E-state index contributed by atoms with van der Waals surface area (Å²) in [5, 5.41) is 0. The van der Waals surface area contributed by atoms with Gasteiger partial charge in [-0.15, -0.1) is 0 Å². The van der Waals surface area contributed by atoms with Crippen LogP contribution in [-0.2, 0) is 0 Å². The Kier molecular flexibility index (Phi) is 10.8. The van der Waals surface area contributed by atoms with Gasteiger partial charge in [0.2, 0.25) is 0 Å². The summed E-state index contributed by atoms with van der Waals surface area (Å²) in [6.45, 7) is 0. The van der Waals surface area contributed by atoms with E-state index >= 15 is 0 Å². The molecule has 2 aliphatic rings. The summed E-state index contributed by atoms with van der Waals surface area (Å²) in [5.41, 5.74) is 14.5. The van der Waals surface area contributed by atoms with Gasteiger partial charge in [0.05, 0.1) is 56.9 Å². The number of para-hydroxylation sites is 8. The highest BCUT2D eigenvalue weighted by molar-refractivity contribution is 5.94. The van der Waals surface area contributed by atoms with Gasteiger partial charge >= 0.3 is 0 Å². The van der Waals surface area contributed by atoms with E-state index in [1.165, 1.54) is 0 Å². The molecule has 0 radical (unpaired) electrons. The van der Waals surface area contributed by atoms with Crippen molar-refractivity contribution in [2.24, 2.45) is 0 Å². The van der Waals surface area contributed by atoms with E-state index in [9.17, 15) is 0 Å². The fourth-order valence-corrected chi connectivity index (χ4v) is 9.80. The van der Waals surface area contributed by atoms with Crippen LogP contribution in [0.3, 0.4) is 0 Å². The first-order chi connectivity index (χ1) is 37.6. The van der Waals surface area contributed by atoms with Gasteiger partial charge in [0.1, 0.15) is 0 Å². The third-order valence-corrected chi connectivity index (χ3v) is 13.3. The highest BCUT2D eigenvalue weighted by Crippen LogP contribution is 2.54. The predicted molar refractivity (Wildman–Crippen MR) is 296 cm³/mol. The molecule has 0 bridgehead atoms. The number of anilines is 6. The first kappa shape index (κ1) is 44.0. The van der Waals surface area contributed by atoms with E-state index in [2.05, 4.69) is 80.4 Å². The number of pyridine rings is 4. The number of rotatable bonds is 9. The molecule has 0 fully saturated rings. The summed E-state index contributed by atoms with van der Waals surface area (Å²) in [6, 6.07) is 69.1. The molecule has 12 nitrogen and oxygen atoms in total. The molecule has 0 unspecified atom stereocenters. The molecule has 0 N–H and O–H groups in total. The van der Waals surface area contributed by atoms with Crippen molar-refractivity contribution in [1.82, 2.24) is 39.9 Å². The van der Waals surface area contributed by atoms with Gasteiger partial charge in [0.25, 0.3) is 0 Å². The van der Waals surface area contributed by atoms with Crippen LogP contribution >= 0.6 is 0 Å². The molecule has 0 spiro atoms. The van der Waals surface area contributed by atoms with Gasteiger partial charge in [-0.3, -0.25) is 19.9 Å². The van der Waals surface area contributed by atoms with Crippen molar-refractivity contribution in [3.05, 3.63) is 243 Å². The summed E-state index contributed by atoms with van der Waals surface area (Å²) in [4.78, 5) is 43.7. The maximum absolute atomic E-state index is 6.57. The number of benzene rings is 6. The lowest BCUT2D eigenvalue weighted by Gasteiger charge is -2.34. The highest BCUT2D eigenvalue weighted by Gasteiger charge is 2.29. The van der Waals surface area contributed by atoms with Crippen LogP contribution in [-0.4, -0.2) is 39.9 Å². The Bertz CT molecular complexity index is 3670. The van der Waals surface area contributed by atoms with Gasteiger partial charge in [-0.1, -0.05) is 60.7 Å². The quantitative estimate of drug-likeness (QED) is 0.137. The Hall–Kier alpha value is -10.7. The molecule has 12 aromatic rings. The minimum absolute atomic E-state index is 0.520. The molecule has 76 heavy (non-hydrogen) atoms. The smallest absolute Gasteiger partial charge is 0.162 e. The van der Waals surface area contributed by atoms with E-state index in [4.69, 9.17) is 39.4 Å². The Morgan fingerprint density at radius 1 is 0.276 bits per heavy atom. The molecule has 358 valence electrons. The van der Waals surface area contributed by atoms with E-state index in [0.717, 1.165) is 90.5 Å². The van der Waals surface area contributed by atoms with Gasteiger partial charge in [0.15, 0.2) is 34.6 Å². The van der Waals surface area contributed by atoms with Crippen molar-refractivity contribution in [1.29, 1.82) is 0 Å². The summed E-state index contributed by atoms with van der Waals surface area (Å²) in [7, 11) is 0. The van der Waals surface area contributed by atoms with Crippen molar-refractivity contribution >= 4 is 34.1 Å². The molecule has 0 amide bonds. The maximum Gasteiger partial charge on any atom is 0.162 e. The van der Waals surface area contributed by atoms with Gasteiger partial charge in [-0.05, 0) is 157 Å². The largest absolute Gasteiger partial charge is 0.453 e. The van der Waals surface area contributed by atoms with Crippen LogP contribution in [0.1, 0.15) is 0 Å². The summed E-state index contributed by atoms with van der Waals surface area (Å²) in [6.07, 6.45) is 10.6. The second-order valence-corrected chi connectivity index (χ2v) is 18.1. The second-order valence-electron chi connectivity index (χ2n) is 18.1. The number of hydrogen-bond acceptors (Lipinski definition) is 12. The fraction of sp³-hybridized carbons (Fsp3) is 0. The lowest BCUT2D eigenvalue weighted by Crippen LogP contribution is -2.16. The molecular weight excluding hydrogens is 941 g/mol. The number of fused-ring (bicyclic) bond motifs is 4. The first-order valence-corrected chi connectivity index (χ1v) is 24.7. The lowest BCUT2D eigenvalue weighted by molar-refractivity contribution is 0.476. The third kappa shape index (κ3) is 8.17. The maximum atomic E-state index is 6.57. The van der Waals surface area contributed by atoms with E-state index in [1.54, 1.807) is 37.2 Å². The Morgan fingerprint density at radius 2 is 0.645 bits per heavy atom. The van der Waals surface area contributed by atoms with Crippen LogP contribution in [0.25, 0.3) is 79.2 Å². The van der Waals surface area contributed by atoms with Gasteiger partial charge in [0, 0.05) is 70.8 Å². The third-order valence-electron chi connectivity index (χ3n) is 13.3. The molecule has 0 saturated heterocycles. The predicted octanol–water partition coefficient (Wildman–Crippen LogP) is 15.7. The molecule has 0 saturated carbocycles. The number of aromatic nitrogens is 8. The van der Waals surface area contributed by atoms with E-state index in [1.807, 2.05) is 146 Å². The van der Waals surface area contributed by atoms with Crippen molar-refractivity contribution in [3.8, 4) is 102 Å². The Morgan fingerprint density at radius 3 is 1.01 bits per heavy atom. The second kappa shape index (κ2) is 18.7. The van der Waals surface area contributed by atoms with Crippen LogP contribution in [0.5, 0.6) is 23.0 Å². The number of hydrogen-bond donors (Lipinski definition) is 0. The van der Waals surface area contributed by atoms with Gasteiger partial charge in [-0.25, -0.2) is 19.9 Å². The monoisotopic (exact) mass is 980 g/mol. The van der Waals surface area contributed by atoms with E-state index in [0.29, 0.717) is 45.8 Å². The fourth-order valence-electron chi connectivity index (χ4n) is 9.80. The molecule has 6 aromatic heterocycles. The zero-order valence-electron chi connectivity index (χ0n) is 40.4. The molecule has 8 heterocycles. The van der Waals surface area contributed by atoms with Crippen LogP contribution in [0, 0.1) is 0 Å². The van der Waals surface area contributed by atoms with Crippen molar-refractivity contribution < 1.29 is 9.47 Å². The van der Waals surface area contributed by atoms with Crippen molar-refractivity contribution in [3.63, 3.8) is 0 Å². The molecule has 2 aliphatic heterocycles. The van der Waals surface area contributed by atoms with Gasteiger partial charge < -0.3 is 19.3 Å². The molecule has 12 heteroatoms. The zero-order valence-corrected chi connectivity index (χ0v) is 40.4. The summed E-state index contributed by atoms with van der Waals surface area (Å²) >= 11 is 0. The molecular formula is C64H40N10O2. The average Bonchev–Trinajstić information content (AvgIpc) is 3.56. The first-order valence-electron chi connectivity index (χ1n) is 24.7. The molecule has 6 aromatic carbocycles. The van der Waals surface area contributed by atoms with Crippen LogP contribution in [0.2, 0.25) is 0 Å². The normalized spacial score (nSPS) is 12.1. The summed E-state index contributed by atoms with van der Waals surface area (Å²) < 4.78 is 13.1. The minimum atomic E-state index is 0.520. The number of ether oxygens (including phenoxy) is 2. The van der Waals surface area contributed by atoms with Crippen molar-refractivity contribution in [2.45, 2.75) is 0 Å². The van der Waals surface area contributed by atoms with E-state index in [-0.39, 0.29) is 0 Å². The Balaban J connectivity index is 1.05. The number of nitrogens with zero attached hydrogens (tertiary/aromatic N) is 10. The topological polar surface area (TPSA) is 128 Å². The molecule has 0 aliphatic carbocycles.